The molecule has 0 bridgehead atoms. The van der Waals surface area contributed by atoms with Gasteiger partial charge >= 0.3 is 5.97 Å². The molecule has 0 atom stereocenters. The van der Waals surface area contributed by atoms with E-state index in [-0.39, 0.29) is 5.97 Å². The highest BCUT2D eigenvalue weighted by Crippen LogP contribution is 2.32. The van der Waals surface area contributed by atoms with Crippen molar-refractivity contribution < 1.29 is 14.3 Å². The lowest BCUT2D eigenvalue weighted by molar-refractivity contribution is -0.137. The number of esters is 1. The van der Waals surface area contributed by atoms with E-state index in [4.69, 9.17) is 9.47 Å². The summed E-state index contributed by atoms with van der Waals surface area (Å²) in [6.45, 7) is 2.46. The van der Waals surface area contributed by atoms with Crippen LogP contribution in [0.2, 0.25) is 0 Å². The van der Waals surface area contributed by atoms with Gasteiger partial charge in [-0.15, -0.1) is 0 Å². The molecule has 0 saturated carbocycles. The standard InChI is InChI=1S/C16H15BrO3/c1-2-19-15(18)8-5-11-20-14-10-9-12-6-3-4-7-13(12)16(14)17/h3-10H,2,11H2,1H3/b8-5+. The van der Waals surface area contributed by atoms with Crippen molar-refractivity contribution >= 4 is 32.7 Å². The van der Waals surface area contributed by atoms with Gasteiger partial charge in [0.05, 0.1) is 11.1 Å². The molecular formula is C16H15BrO3. The molecule has 3 nitrogen and oxygen atoms in total. The number of rotatable bonds is 5. The molecule has 0 aliphatic rings. The summed E-state index contributed by atoms with van der Waals surface area (Å²) in [4.78, 5) is 11.1. The van der Waals surface area contributed by atoms with Crippen LogP contribution in [0.15, 0.2) is 53.0 Å². The Morgan fingerprint density at radius 2 is 2.05 bits per heavy atom. The lowest BCUT2D eigenvalue weighted by Crippen LogP contribution is -2.01. The van der Waals surface area contributed by atoms with E-state index >= 15 is 0 Å². The molecule has 0 spiro atoms. The van der Waals surface area contributed by atoms with E-state index in [1.807, 2.05) is 36.4 Å². The lowest BCUT2D eigenvalue weighted by atomic mass is 10.1. The van der Waals surface area contributed by atoms with Gasteiger partial charge in [0.25, 0.3) is 0 Å². The van der Waals surface area contributed by atoms with Crippen molar-refractivity contribution in [3.05, 3.63) is 53.0 Å². The highest BCUT2D eigenvalue weighted by atomic mass is 79.9. The SMILES string of the molecule is CCOC(=O)/C=C/COc1ccc2ccccc2c1Br. The number of halogens is 1. The first kappa shape index (κ1) is 14.6. The molecule has 2 aromatic rings. The third-order valence-corrected chi connectivity index (χ3v) is 3.52. The second kappa shape index (κ2) is 7.10. The summed E-state index contributed by atoms with van der Waals surface area (Å²) in [6.07, 6.45) is 3.01. The first-order chi connectivity index (χ1) is 9.72. The van der Waals surface area contributed by atoms with E-state index < -0.39 is 0 Å². The number of benzene rings is 2. The number of hydrogen-bond acceptors (Lipinski definition) is 3. The van der Waals surface area contributed by atoms with Crippen LogP contribution in [0.5, 0.6) is 5.75 Å². The summed E-state index contributed by atoms with van der Waals surface area (Å²) in [7, 11) is 0. The van der Waals surface area contributed by atoms with Gasteiger partial charge in [0.1, 0.15) is 12.4 Å². The molecule has 0 unspecified atom stereocenters. The minimum Gasteiger partial charge on any atom is -0.488 e. The van der Waals surface area contributed by atoms with Gasteiger partial charge < -0.3 is 9.47 Å². The molecule has 0 N–H and O–H groups in total. The molecule has 20 heavy (non-hydrogen) atoms. The Labute approximate surface area is 126 Å². The third-order valence-electron chi connectivity index (χ3n) is 2.70. The predicted octanol–water partition coefficient (Wildman–Crippen LogP) is 4.10. The van der Waals surface area contributed by atoms with Crippen LogP contribution in [0.3, 0.4) is 0 Å². The molecule has 104 valence electrons. The normalized spacial score (nSPS) is 10.9. The summed E-state index contributed by atoms with van der Waals surface area (Å²) in [5.41, 5.74) is 0. The summed E-state index contributed by atoms with van der Waals surface area (Å²) >= 11 is 3.55. The second-order valence-corrected chi connectivity index (χ2v) is 4.86. The summed E-state index contributed by atoms with van der Waals surface area (Å²) < 4.78 is 11.3. The van der Waals surface area contributed by atoms with E-state index in [1.54, 1.807) is 13.0 Å². The van der Waals surface area contributed by atoms with Crippen LogP contribution in [0.4, 0.5) is 0 Å². The van der Waals surface area contributed by atoms with E-state index in [1.165, 1.54) is 6.08 Å². The van der Waals surface area contributed by atoms with Gasteiger partial charge in [0.2, 0.25) is 0 Å². The number of ether oxygens (including phenoxy) is 2. The van der Waals surface area contributed by atoms with Crippen molar-refractivity contribution in [1.29, 1.82) is 0 Å². The average molecular weight is 335 g/mol. The fraction of sp³-hybridized carbons (Fsp3) is 0.188. The largest absolute Gasteiger partial charge is 0.488 e. The molecule has 0 aromatic heterocycles. The second-order valence-electron chi connectivity index (χ2n) is 4.06. The molecule has 4 heteroatoms. The molecule has 2 rings (SSSR count). The minimum atomic E-state index is -0.353. The Hall–Kier alpha value is -1.81. The minimum absolute atomic E-state index is 0.315. The van der Waals surface area contributed by atoms with Crippen molar-refractivity contribution in [3.63, 3.8) is 0 Å². The predicted molar refractivity (Wildman–Crippen MR) is 82.9 cm³/mol. The van der Waals surface area contributed by atoms with Crippen LogP contribution in [-0.4, -0.2) is 19.2 Å². The highest BCUT2D eigenvalue weighted by Gasteiger charge is 2.05. The summed E-state index contributed by atoms with van der Waals surface area (Å²) in [6, 6.07) is 12.0. The Kier molecular flexibility index (Phi) is 5.18. The first-order valence-corrected chi connectivity index (χ1v) is 7.15. The van der Waals surface area contributed by atoms with Crippen LogP contribution in [0.1, 0.15) is 6.92 Å². The zero-order chi connectivity index (χ0) is 14.4. The maximum atomic E-state index is 11.1. The molecular weight excluding hydrogens is 320 g/mol. The number of carbonyl (C=O) groups is 1. The summed E-state index contributed by atoms with van der Waals surface area (Å²) in [5, 5.41) is 2.24. The van der Waals surface area contributed by atoms with Crippen molar-refractivity contribution in [2.24, 2.45) is 0 Å². The first-order valence-electron chi connectivity index (χ1n) is 6.35. The van der Waals surface area contributed by atoms with E-state index in [0.29, 0.717) is 13.2 Å². The fourth-order valence-electron chi connectivity index (χ4n) is 1.80. The van der Waals surface area contributed by atoms with E-state index in [9.17, 15) is 4.79 Å². The molecule has 0 radical (unpaired) electrons. The van der Waals surface area contributed by atoms with Crippen LogP contribution < -0.4 is 4.74 Å². The third kappa shape index (κ3) is 3.61. The van der Waals surface area contributed by atoms with Crippen molar-refractivity contribution in [3.8, 4) is 5.75 Å². The van der Waals surface area contributed by atoms with E-state index in [0.717, 1.165) is 21.0 Å². The zero-order valence-electron chi connectivity index (χ0n) is 11.1. The average Bonchev–Trinajstić information content (AvgIpc) is 2.46. The van der Waals surface area contributed by atoms with Crippen molar-refractivity contribution in [1.82, 2.24) is 0 Å². The molecule has 0 aliphatic heterocycles. The maximum Gasteiger partial charge on any atom is 0.330 e. The van der Waals surface area contributed by atoms with Crippen LogP contribution in [0.25, 0.3) is 10.8 Å². The highest BCUT2D eigenvalue weighted by molar-refractivity contribution is 9.10. The lowest BCUT2D eigenvalue weighted by Gasteiger charge is -2.08. The topological polar surface area (TPSA) is 35.5 Å². The van der Waals surface area contributed by atoms with Gasteiger partial charge in [-0.05, 0) is 45.8 Å². The van der Waals surface area contributed by atoms with Crippen LogP contribution in [-0.2, 0) is 9.53 Å². The fourth-order valence-corrected chi connectivity index (χ4v) is 2.41. The Morgan fingerprint density at radius 1 is 1.25 bits per heavy atom. The van der Waals surface area contributed by atoms with Crippen LogP contribution >= 0.6 is 15.9 Å². The quantitative estimate of drug-likeness (QED) is 0.610. The maximum absolute atomic E-state index is 11.1. The molecule has 2 aromatic carbocycles. The van der Waals surface area contributed by atoms with Gasteiger partial charge in [0, 0.05) is 6.08 Å². The molecule has 0 aliphatic carbocycles. The van der Waals surface area contributed by atoms with Crippen molar-refractivity contribution in [2.75, 3.05) is 13.2 Å². The Balaban J connectivity index is 2.03. The van der Waals surface area contributed by atoms with Gasteiger partial charge in [-0.25, -0.2) is 4.79 Å². The number of fused-ring (bicyclic) bond motifs is 1. The van der Waals surface area contributed by atoms with Gasteiger partial charge in [-0.1, -0.05) is 30.3 Å². The Morgan fingerprint density at radius 3 is 2.85 bits per heavy atom. The van der Waals surface area contributed by atoms with Gasteiger partial charge in [-0.3, -0.25) is 0 Å². The van der Waals surface area contributed by atoms with Crippen LogP contribution in [0, 0.1) is 0 Å². The zero-order valence-corrected chi connectivity index (χ0v) is 12.7. The van der Waals surface area contributed by atoms with E-state index in [2.05, 4.69) is 15.9 Å². The monoisotopic (exact) mass is 334 g/mol. The molecule has 0 amide bonds. The smallest absolute Gasteiger partial charge is 0.330 e. The molecule has 0 fully saturated rings. The number of hydrogen-bond donors (Lipinski definition) is 0. The molecule has 0 heterocycles. The molecule has 0 saturated heterocycles. The Bertz CT molecular complexity index is 635. The van der Waals surface area contributed by atoms with Crippen molar-refractivity contribution in [2.45, 2.75) is 6.92 Å². The van der Waals surface area contributed by atoms with Gasteiger partial charge in [0.15, 0.2) is 0 Å². The number of carbonyl (C=O) groups excluding carboxylic acids is 1. The van der Waals surface area contributed by atoms with Gasteiger partial charge in [-0.2, -0.15) is 0 Å². The summed E-state index contributed by atoms with van der Waals surface area (Å²) in [5.74, 6) is 0.394.